The molecule has 0 unspecified atom stereocenters. The summed E-state index contributed by atoms with van der Waals surface area (Å²) in [4.78, 5) is 32.3. The molecule has 0 radical (unpaired) electrons. The topological polar surface area (TPSA) is 118 Å². The molecule has 0 aliphatic carbocycles. The van der Waals surface area contributed by atoms with Crippen LogP contribution < -0.4 is 5.73 Å². The van der Waals surface area contributed by atoms with Crippen LogP contribution in [0.25, 0.3) is 11.1 Å². The van der Waals surface area contributed by atoms with Crippen LogP contribution >= 0.6 is 0 Å². The third-order valence-corrected chi connectivity index (χ3v) is 3.69. The van der Waals surface area contributed by atoms with Crippen LogP contribution in [0.15, 0.2) is 28.7 Å². The highest BCUT2D eigenvalue weighted by Gasteiger charge is 2.24. The molecule has 1 aromatic carbocycles. The number of rotatable bonds is 5. The molecule has 0 amide bonds. The third kappa shape index (κ3) is 3.71. The van der Waals surface area contributed by atoms with Crippen molar-refractivity contribution in [1.29, 1.82) is 0 Å². The summed E-state index contributed by atoms with van der Waals surface area (Å²) in [7, 11) is 0. The van der Waals surface area contributed by atoms with E-state index in [1.807, 2.05) is 0 Å². The van der Waals surface area contributed by atoms with E-state index in [9.17, 15) is 14.0 Å². The molecule has 0 saturated heterocycles. The number of nitrogen functional groups attached to an aromatic ring is 1. The number of fused-ring (bicyclic) bond motifs is 1. The van der Waals surface area contributed by atoms with Crippen molar-refractivity contribution in [2.45, 2.75) is 20.5 Å². The number of esters is 2. The monoisotopic (exact) mass is 373 g/mol. The summed E-state index contributed by atoms with van der Waals surface area (Å²) in [6.45, 7) is 3.19. The maximum atomic E-state index is 12.9. The van der Waals surface area contributed by atoms with Crippen LogP contribution in [0, 0.1) is 12.7 Å². The Morgan fingerprint density at radius 2 is 1.85 bits per heavy atom. The van der Waals surface area contributed by atoms with Crippen LogP contribution in [-0.4, -0.2) is 28.5 Å². The van der Waals surface area contributed by atoms with Crippen molar-refractivity contribution in [3.63, 3.8) is 0 Å². The average Bonchev–Trinajstić information content (AvgIpc) is 2.97. The van der Waals surface area contributed by atoms with Crippen LogP contribution in [0.4, 0.5) is 10.2 Å². The molecule has 0 atom stereocenters. The lowest BCUT2D eigenvalue weighted by atomic mass is 10.2. The Morgan fingerprint density at radius 3 is 2.52 bits per heavy atom. The third-order valence-electron chi connectivity index (χ3n) is 3.69. The molecule has 0 spiro atoms. The first-order valence-electron chi connectivity index (χ1n) is 8.06. The van der Waals surface area contributed by atoms with E-state index in [1.165, 1.54) is 12.1 Å². The highest BCUT2D eigenvalue weighted by Crippen LogP contribution is 2.29. The fourth-order valence-corrected chi connectivity index (χ4v) is 2.50. The Bertz CT molecular complexity index is 1010. The molecule has 140 valence electrons. The fraction of sp³-hybridized carbons (Fsp3) is 0.222. The Kier molecular flexibility index (Phi) is 5.02. The van der Waals surface area contributed by atoms with Crippen molar-refractivity contribution in [2.75, 3.05) is 12.3 Å². The molecule has 9 heteroatoms. The Labute approximate surface area is 153 Å². The first-order chi connectivity index (χ1) is 12.9. The smallest absolute Gasteiger partial charge is 0.342 e. The SMILES string of the molecule is CCOC(=O)c1c(C)oc2nc(COC(=O)c3ccc(F)cc3)nc(N)c12. The van der Waals surface area contributed by atoms with Crippen LogP contribution in [0.3, 0.4) is 0 Å². The van der Waals surface area contributed by atoms with E-state index in [0.29, 0.717) is 5.76 Å². The lowest BCUT2D eigenvalue weighted by Gasteiger charge is -2.05. The van der Waals surface area contributed by atoms with E-state index in [1.54, 1.807) is 13.8 Å². The van der Waals surface area contributed by atoms with Gasteiger partial charge in [-0.15, -0.1) is 0 Å². The van der Waals surface area contributed by atoms with Gasteiger partial charge in [0, 0.05) is 0 Å². The standard InChI is InChI=1S/C18H16FN3O5/c1-3-25-18(24)13-9(2)27-16-14(13)15(20)21-12(22-16)8-26-17(23)10-4-6-11(19)7-5-10/h4-7H,3,8H2,1-2H3,(H2,20,21,22). The molecule has 0 bridgehead atoms. The summed E-state index contributed by atoms with van der Waals surface area (Å²) < 4.78 is 28.5. The Morgan fingerprint density at radius 1 is 1.15 bits per heavy atom. The molecular weight excluding hydrogens is 357 g/mol. The first kappa shape index (κ1) is 18.3. The van der Waals surface area contributed by atoms with E-state index in [-0.39, 0.29) is 47.1 Å². The minimum atomic E-state index is -0.667. The Hall–Kier alpha value is -3.49. The van der Waals surface area contributed by atoms with E-state index >= 15 is 0 Å². The number of halogens is 1. The lowest BCUT2D eigenvalue weighted by molar-refractivity contribution is 0.0461. The molecule has 3 rings (SSSR count). The molecule has 8 nitrogen and oxygen atoms in total. The van der Waals surface area contributed by atoms with Crippen LogP contribution in [0.1, 0.15) is 39.2 Å². The second-order valence-electron chi connectivity index (χ2n) is 5.54. The lowest BCUT2D eigenvalue weighted by Crippen LogP contribution is -2.10. The van der Waals surface area contributed by atoms with Crippen LogP contribution in [0.5, 0.6) is 0 Å². The molecule has 0 saturated carbocycles. The molecular formula is C18H16FN3O5. The minimum Gasteiger partial charge on any atom is -0.462 e. The maximum Gasteiger partial charge on any atom is 0.342 e. The summed E-state index contributed by atoms with van der Waals surface area (Å²) in [5.41, 5.74) is 6.38. The first-order valence-corrected chi connectivity index (χ1v) is 8.06. The van der Waals surface area contributed by atoms with Crippen molar-refractivity contribution < 1.29 is 27.9 Å². The second kappa shape index (κ2) is 7.40. The van der Waals surface area contributed by atoms with Crippen molar-refractivity contribution in [2.24, 2.45) is 0 Å². The van der Waals surface area contributed by atoms with Gasteiger partial charge in [0.05, 0.1) is 17.6 Å². The van der Waals surface area contributed by atoms with Crippen molar-refractivity contribution in [3.05, 3.63) is 52.8 Å². The largest absolute Gasteiger partial charge is 0.462 e. The van der Waals surface area contributed by atoms with Crippen molar-refractivity contribution >= 4 is 28.9 Å². The number of hydrogen-bond acceptors (Lipinski definition) is 8. The number of nitrogens with zero attached hydrogens (tertiary/aromatic N) is 2. The zero-order chi connectivity index (χ0) is 19.6. The number of ether oxygens (including phenoxy) is 2. The van der Waals surface area contributed by atoms with Crippen molar-refractivity contribution in [1.82, 2.24) is 9.97 Å². The minimum absolute atomic E-state index is 0.00716. The predicted octanol–water partition coefficient (Wildman–Crippen LogP) is 2.79. The zero-order valence-electron chi connectivity index (χ0n) is 14.6. The van der Waals surface area contributed by atoms with Gasteiger partial charge in [-0.05, 0) is 38.1 Å². The van der Waals surface area contributed by atoms with E-state index in [4.69, 9.17) is 19.6 Å². The fourth-order valence-electron chi connectivity index (χ4n) is 2.50. The quantitative estimate of drug-likeness (QED) is 0.678. The number of carbonyl (C=O) groups is 2. The van der Waals surface area contributed by atoms with Gasteiger partial charge < -0.3 is 19.6 Å². The molecule has 2 N–H and O–H groups in total. The second-order valence-corrected chi connectivity index (χ2v) is 5.54. The van der Waals surface area contributed by atoms with Crippen LogP contribution in [-0.2, 0) is 16.1 Å². The average molecular weight is 373 g/mol. The number of anilines is 1. The van der Waals surface area contributed by atoms with Gasteiger partial charge >= 0.3 is 11.9 Å². The number of nitrogens with two attached hydrogens (primary N) is 1. The summed E-state index contributed by atoms with van der Waals surface area (Å²) >= 11 is 0. The number of furan rings is 1. The van der Waals surface area contributed by atoms with Crippen molar-refractivity contribution in [3.8, 4) is 0 Å². The number of aromatic nitrogens is 2. The van der Waals surface area contributed by atoms with Gasteiger partial charge in [0.1, 0.15) is 23.0 Å². The van der Waals surface area contributed by atoms with Gasteiger partial charge in [-0.25, -0.2) is 19.0 Å². The molecule has 0 aliphatic rings. The maximum absolute atomic E-state index is 12.9. The highest BCUT2D eigenvalue weighted by molar-refractivity contribution is 6.07. The molecule has 2 heterocycles. The van der Waals surface area contributed by atoms with Gasteiger partial charge in [-0.3, -0.25) is 0 Å². The molecule has 0 fully saturated rings. The molecule has 27 heavy (non-hydrogen) atoms. The number of benzene rings is 1. The van der Waals surface area contributed by atoms with E-state index < -0.39 is 17.8 Å². The zero-order valence-corrected chi connectivity index (χ0v) is 14.6. The highest BCUT2D eigenvalue weighted by atomic mass is 19.1. The summed E-state index contributed by atoms with van der Waals surface area (Å²) in [5.74, 6) is -1.31. The Balaban J connectivity index is 1.83. The van der Waals surface area contributed by atoms with Gasteiger partial charge in [0.2, 0.25) is 5.71 Å². The van der Waals surface area contributed by atoms with Gasteiger partial charge in [0.15, 0.2) is 12.4 Å². The predicted molar refractivity (Wildman–Crippen MR) is 92.4 cm³/mol. The van der Waals surface area contributed by atoms with Gasteiger partial charge in [0.25, 0.3) is 0 Å². The molecule has 3 aromatic rings. The molecule has 0 aliphatic heterocycles. The van der Waals surface area contributed by atoms with Gasteiger partial charge in [-0.2, -0.15) is 4.98 Å². The van der Waals surface area contributed by atoms with E-state index in [0.717, 1.165) is 12.1 Å². The van der Waals surface area contributed by atoms with E-state index in [2.05, 4.69) is 9.97 Å². The number of aryl methyl sites for hydroxylation is 1. The van der Waals surface area contributed by atoms with Gasteiger partial charge in [-0.1, -0.05) is 0 Å². The summed E-state index contributed by atoms with van der Waals surface area (Å²) in [6.07, 6.45) is 0. The summed E-state index contributed by atoms with van der Waals surface area (Å²) in [6, 6.07) is 4.91. The number of hydrogen-bond donors (Lipinski definition) is 1. The van der Waals surface area contributed by atoms with Crippen LogP contribution in [0.2, 0.25) is 0 Å². The molecule has 2 aromatic heterocycles. The number of carbonyl (C=O) groups excluding carboxylic acids is 2. The summed E-state index contributed by atoms with van der Waals surface area (Å²) in [5, 5.41) is 0.250. The normalized spacial score (nSPS) is 10.8.